The molecule has 158 valence electrons. The number of nitrogens with zero attached hydrogens (tertiary/aromatic N) is 1. The standard InChI is InChI=1S/C24H32FNO3/c1-4-5-6-7-19-8-13-22(23(25)18-19)20-9-11-21(12-10-20)28-16-17-29-24(27)14-15-26(2)3/h8-13,18H,4-7,14-17H2,1-3H3. The van der Waals surface area contributed by atoms with Crippen molar-refractivity contribution >= 4 is 5.97 Å². The van der Waals surface area contributed by atoms with E-state index >= 15 is 0 Å². The third-order valence-corrected chi connectivity index (χ3v) is 4.65. The van der Waals surface area contributed by atoms with Crippen LogP contribution in [0.15, 0.2) is 42.5 Å². The minimum atomic E-state index is -0.230. The van der Waals surface area contributed by atoms with Gasteiger partial charge in [-0.25, -0.2) is 4.39 Å². The Balaban J connectivity index is 1.81. The molecule has 0 fully saturated rings. The lowest BCUT2D eigenvalue weighted by molar-refractivity contribution is -0.144. The minimum absolute atomic E-state index is 0.197. The molecule has 0 aliphatic carbocycles. The Kier molecular flexibility index (Phi) is 9.65. The lowest BCUT2D eigenvalue weighted by Crippen LogP contribution is -2.19. The summed E-state index contributed by atoms with van der Waals surface area (Å²) in [6.45, 7) is 3.32. The van der Waals surface area contributed by atoms with Gasteiger partial charge in [-0.3, -0.25) is 4.79 Å². The number of unbranched alkanes of at least 4 members (excludes halogenated alkanes) is 2. The molecule has 2 rings (SSSR count). The van der Waals surface area contributed by atoms with Gasteiger partial charge >= 0.3 is 5.97 Å². The lowest BCUT2D eigenvalue weighted by Gasteiger charge is -2.11. The van der Waals surface area contributed by atoms with Crippen molar-refractivity contribution in [3.05, 3.63) is 53.8 Å². The zero-order valence-corrected chi connectivity index (χ0v) is 17.7. The molecule has 0 heterocycles. The van der Waals surface area contributed by atoms with Crippen molar-refractivity contribution in [2.75, 3.05) is 33.9 Å². The Labute approximate surface area is 173 Å². The molecule has 0 amide bonds. The normalized spacial score (nSPS) is 10.9. The molecule has 0 unspecified atom stereocenters. The van der Waals surface area contributed by atoms with Crippen molar-refractivity contribution in [1.29, 1.82) is 0 Å². The number of hydrogen-bond donors (Lipinski definition) is 0. The van der Waals surface area contributed by atoms with Crippen molar-refractivity contribution in [3.8, 4) is 16.9 Å². The van der Waals surface area contributed by atoms with E-state index in [-0.39, 0.29) is 25.0 Å². The number of benzene rings is 2. The van der Waals surface area contributed by atoms with Gasteiger partial charge in [0.05, 0.1) is 6.42 Å². The highest BCUT2D eigenvalue weighted by Crippen LogP contribution is 2.26. The van der Waals surface area contributed by atoms with E-state index in [1.807, 2.05) is 43.3 Å². The predicted octanol–water partition coefficient (Wildman–Crippen LogP) is 5.10. The van der Waals surface area contributed by atoms with E-state index < -0.39 is 0 Å². The second kappa shape index (κ2) is 12.2. The Bertz CT molecular complexity index is 759. The van der Waals surface area contributed by atoms with E-state index in [1.54, 1.807) is 18.2 Å². The average molecular weight is 402 g/mol. The molecule has 0 saturated carbocycles. The van der Waals surface area contributed by atoms with Gasteiger partial charge in [0.25, 0.3) is 0 Å². The predicted molar refractivity (Wildman–Crippen MR) is 115 cm³/mol. The largest absolute Gasteiger partial charge is 0.490 e. The first-order valence-corrected chi connectivity index (χ1v) is 10.3. The van der Waals surface area contributed by atoms with Crippen molar-refractivity contribution in [2.45, 2.75) is 39.0 Å². The van der Waals surface area contributed by atoms with Crippen molar-refractivity contribution in [2.24, 2.45) is 0 Å². The number of aryl methyl sites for hydroxylation is 1. The van der Waals surface area contributed by atoms with Crippen LogP contribution in [-0.4, -0.2) is 44.7 Å². The van der Waals surface area contributed by atoms with Gasteiger partial charge in [0.15, 0.2) is 0 Å². The zero-order chi connectivity index (χ0) is 21.1. The molecule has 2 aromatic carbocycles. The van der Waals surface area contributed by atoms with Crippen molar-refractivity contribution < 1.29 is 18.7 Å². The van der Waals surface area contributed by atoms with Gasteiger partial charge in [0, 0.05) is 12.1 Å². The minimum Gasteiger partial charge on any atom is -0.490 e. The zero-order valence-electron chi connectivity index (χ0n) is 17.7. The van der Waals surface area contributed by atoms with Crippen LogP contribution in [0.4, 0.5) is 4.39 Å². The first kappa shape index (κ1) is 22.9. The fourth-order valence-electron chi connectivity index (χ4n) is 2.96. The number of ether oxygens (including phenoxy) is 2. The van der Waals surface area contributed by atoms with Crippen LogP contribution in [0.5, 0.6) is 5.75 Å². The Hall–Kier alpha value is -2.40. The summed E-state index contributed by atoms with van der Waals surface area (Å²) >= 11 is 0. The maximum Gasteiger partial charge on any atom is 0.307 e. The quantitative estimate of drug-likeness (QED) is 0.366. The number of hydrogen-bond acceptors (Lipinski definition) is 4. The molecular formula is C24H32FNO3. The summed E-state index contributed by atoms with van der Waals surface area (Å²) in [5.41, 5.74) is 2.44. The summed E-state index contributed by atoms with van der Waals surface area (Å²) in [5.74, 6) is 0.234. The van der Waals surface area contributed by atoms with Crippen LogP contribution in [0.25, 0.3) is 11.1 Å². The molecule has 0 N–H and O–H groups in total. The van der Waals surface area contributed by atoms with Crippen LogP contribution in [0, 0.1) is 5.82 Å². The molecule has 0 aliphatic heterocycles. The first-order valence-electron chi connectivity index (χ1n) is 10.3. The second-order valence-corrected chi connectivity index (χ2v) is 7.42. The van der Waals surface area contributed by atoms with E-state index in [4.69, 9.17) is 9.47 Å². The Morgan fingerprint density at radius 3 is 2.45 bits per heavy atom. The van der Waals surface area contributed by atoms with Crippen LogP contribution in [0.3, 0.4) is 0 Å². The van der Waals surface area contributed by atoms with Crippen LogP contribution in [0.1, 0.15) is 38.2 Å². The third-order valence-electron chi connectivity index (χ3n) is 4.65. The maximum absolute atomic E-state index is 14.5. The molecule has 29 heavy (non-hydrogen) atoms. The molecule has 0 saturated heterocycles. The topological polar surface area (TPSA) is 38.8 Å². The molecule has 0 atom stereocenters. The van der Waals surface area contributed by atoms with E-state index in [1.165, 1.54) is 6.42 Å². The molecular weight excluding hydrogens is 369 g/mol. The lowest BCUT2D eigenvalue weighted by atomic mass is 10.0. The average Bonchev–Trinajstić information content (AvgIpc) is 2.70. The van der Waals surface area contributed by atoms with E-state index in [9.17, 15) is 9.18 Å². The molecule has 0 aliphatic rings. The Morgan fingerprint density at radius 2 is 1.79 bits per heavy atom. The first-order chi connectivity index (χ1) is 14.0. The van der Waals surface area contributed by atoms with Crippen molar-refractivity contribution in [3.63, 3.8) is 0 Å². The van der Waals surface area contributed by atoms with Crippen LogP contribution >= 0.6 is 0 Å². The molecule has 0 aromatic heterocycles. The van der Waals surface area contributed by atoms with Crippen LogP contribution in [0.2, 0.25) is 0 Å². The van der Waals surface area contributed by atoms with Crippen LogP contribution in [-0.2, 0) is 16.0 Å². The van der Waals surface area contributed by atoms with Crippen LogP contribution < -0.4 is 4.74 Å². The monoisotopic (exact) mass is 401 g/mol. The summed E-state index contributed by atoms with van der Waals surface area (Å²) in [6.07, 6.45) is 4.70. The molecule has 0 radical (unpaired) electrons. The van der Waals surface area contributed by atoms with Gasteiger partial charge in [-0.05, 0) is 56.3 Å². The smallest absolute Gasteiger partial charge is 0.307 e. The number of esters is 1. The summed E-state index contributed by atoms with van der Waals surface area (Å²) < 4.78 is 25.2. The van der Waals surface area contributed by atoms with Gasteiger partial charge in [0.1, 0.15) is 24.8 Å². The highest BCUT2D eigenvalue weighted by atomic mass is 19.1. The Morgan fingerprint density at radius 1 is 1.03 bits per heavy atom. The van der Waals surface area contributed by atoms with Crippen molar-refractivity contribution in [1.82, 2.24) is 4.90 Å². The summed E-state index contributed by atoms with van der Waals surface area (Å²) in [5, 5.41) is 0. The maximum atomic E-state index is 14.5. The number of rotatable bonds is 12. The molecule has 5 heteroatoms. The third kappa shape index (κ3) is 8.24. The molecule has 0 bridgehead atoms. The molecule has 4 nitrogen and oxygen atoms in total. The van der Waals surface area contributed by atoms with Gasteiger partial charge in [-0.2, -0.15) is 0 Å². The molecule has 2 aromatic rings. The summed E-state index contributed by atoms with van der Waals surface area (Å²) in [6, 6.07) is 12.8. The summed E-state index contributed by atoms with van der Waals surface area (Å²) in [7, 11) is 3.82. The SMILES string of the molecule is CCCCCc1ccc(-c2ccc(OCCOC(=O)CCN(C)C)cc2)c(F)c1. The number of carbonyl (C=O) groups excluding carboxylic acids is 1. The van der Waals surface area contributed by atoms with Gasteiger partial charge < -0.3 is 14.4 Å². The highest BCUT2D eigenvalue weighted by Gasteiger charge is 2.07. The van der Waals surface area contributed by atoms with E-state index in [0.29, 0.717) is 24.3 Å². The fraction of sp³-hybridized carbons (Fsp3) is 0.458. The van der Waals surface area contributed by atoms with Gasteiger partial charge in [-0.1, -0.05) is 44.0 Å². The summed E-state index contributed by atoms with van der Waals surface area (Å²) in [4.78, 5) is 13.5. The number of carbonyl (C=O) groups is 1. The molecule has 0 spiro atoms. The van der Waals surface area contributed by atoms with Gasteiger partial charge in [0.2, 0.25) is 0 Å². The van der Waals surface area contributed by atoms with E-state index in [0.717, 1.165) is 30.4 Å². The van der Waals surface area contributed by atoms with E-state index in [2.05, 4.69) is 6.92 Å². The van der Waals surface area contributed by atoms with Gasteiger partial charge in [-0.15, -0.1) is 0 Å². The highest BCUT2D eigenvalue weighted by molar-refractivity contribution is 5.69. The fourth-order valence-corrected chi connectivity index (χ4v) is 2.96. The second-order valence-electron chi connectivity index (χ2n) is 7.42. The number of halogens is 1.